The van der Waals surface area contributed by atoms with Crippen LogP contribution in [0.5, 0.6) is 5.75 Å². The molecule has 1 saturated heterocycles. The highest BCUT2D eigenvalue weighted by atomic mass is 16.5. The molecule has 2 aromatic rings. The number of anilines is 1. The molecule has 0 aliphatic carbocycles. The average molecular weight is 395 g/mol. The Hall–Kier alpha value is -3.35. The zero-order valence-electron chi connectivity index (χ0n) is 16.8. The van der Waals surface area contributed by atoms with Gasteiger partial charge >= 0.3 is 6.03 Å². The number of benzene rings is 2. The van der Waals surface area contributed by atoms with Crippen molar-refractivity contribution in [3.8, 4) is 5.75 Å². The topological polar surface area (TPSA) is 87.7 Å². The maximum absolute atomic E-state index is 12.9. The molecule has 7 heteroatoms. The Bertz CT molecular complexity index is 926. The van der Waals surface area contributed by atoms with Gasteiger partial charge in [0.1, 0.15) is 17.8 Å². The van der Waals surface area contributed by atoms with Crippen LogP contribution in [0.25, 0.3) is 0 Å². The first-order chi connectivity index (χ1) is 13.8. The predicted octanol–water partition coefficient (Wildman–Crippen LogP) is 2.89. The van der Waals surface area contributed by atoms with Gasteiger partial charge in [0.15, 0.2) is 0 Å². The van der Waals surface area contributed by atoms with E-state index >= 15 is 0 Å². The van der Waals surface area contributed by atoms with Gasteiger partial charge in [0.2, 0.25) is 5.91 Å². The summed E-state index contributed by atoms with van der Waals surface area (Å²) in [7, 11) is 1.60. The molecule has 1 fully saturated rings. The van der Waals surface area contributed by atoms with Crippen molar-refractivity contribution in [3.05, 3.63) is 59.7 Å². The number of hydrogen-bond donors (Lipinski definition) is 2. The summed E-state index contributed by atoms with van der Waals surface area (Å²) in [4.78, 5) is 38.5. The van der Waals surface area contributed by atoms with Gasteiger partial charge in [-0.15, -0.1) is 0 Å². The minimum atomic E-state index is -1.04. The number of para-hydroxylation sites is 1. The molecule has 2 N–H and O–H groups in total. The van der Waals surface area contributed by atoms with Crippen LogP contribution < -0.4 is 15.4 Å². The zero-order valence-corrected chi connectivity index (χ0v) is 16.8. The lowest BCUT2D eigenvalue weighted by Crippen LogP contribution is -2.45. The summed E-state index contributed by atoms with van der Waals surface area (Å²) in [5.74, 6) is -0.0470. The Morgan fingerprint density at radius 1 is 1.14 bits per heavy atom. The summed E-state index contributed by atoms with van der Waals surface area (Å²) in [5.41, 5.74) is 1.55. The number of aryl methyl sites for hydroxylation is 2. The minimum absolute atomic E-state index is 0.322. The first-order valence-corrected chi connectivity index (χ1v) is 9.45. The number of imide groups is 1. The van der Waals surface area contributed by atoms with Crippen molar-refractivity contribution in [3.63, 3.8) is 0 Å². The van der Waals surface area contributed by atoms with Crippen molar-refractivity contribution in [2.24, 2.45) is 0 Å². The summed E-state index contributed by atoms with van der Waals surface area (Å²) in [6, 6.07) is 14.4. The Kier molecular flexibility index (Phi) is 5.87. The second-order valence-corrected chi connectivity index (χ2v) is 7.36. The molecular formula is C22H25N3O4. The van der Waals surface area contributed by atoms with Gasteiger partial charge < -0.3 is 15.4 Å². The second kappa shape index (κ2) is 8.34. The minimum Gasteiger partial charge on any atom is -0.497 e. The summed E-state index contributed by atoms with van der Waals surface area (Å²) < 4.78 is 5.14. The van der Waals surface area contributed by atoms with E-state index < -0.39 is 23.4 Å². The molecule has 1 heterocycles. The van der Waals surface area contributed by atoms with Crippen LogP contribution in [0.3, 0.4) is 0 Å². The molecule has 0 bridgehead atoms. The highest BCUT2D eigenvalue weighted by molar-refractivity contribution is 6.10. The van der Waals surface area contributed by atoms with Crippen molar-refractivity contribution in [1.82, 2.24) is 10.2 Å². The number of methoxy groups -OCH3 is 1. The number of hydrogen-bond acceptors (Lipinski definition) is 4. The van der Waals surface area contributed by atoms with Gasteiger partial charge in [0, 0.05) is 5.69 Å². The molecule has 0 aromatic heterocycles. The molecule has 4 amide bonds. The van der Waals surface area contributed by atoms with Crippen LogP contribution in [0, 0.1) is 6.92 Å². The molecule has 152 valence electrons. The second-order valence-electron chi connectivity index (χ2n) is 7.36. The van der Waals surface area contributed by atoms with Crippen molar-refractivity contribution in [1.29, 1.82) is 0 Å². The van der Waals surface area contributed by atoms with Crippen LogP contribution in [0.15, 0.2) is 48.5 Å². The predicted molar refractivity (Wildman–Crippen MR) is 110 cm³/mol. The molecule has 1 atom stereocenters. The monoisotopic (exact) mass is 395 g/mol. The quantitative estimate of drug-likeness (QED) is 0.706. The molecule has 7 nitrogen and oxygen atoms in total. The van der Waals surface area contributed by atoms with E-state index in [1.807, 2.05) is 49.4 Å². The van der Waals surface area contributed by atoms with E-state index in [2.05, 4.69) is 10.6 Å². The first-order valence-electron chi connectivity index (χ1n) is 9.45. The fourth-order valence-corrected chi connectivity index (χ4v) is 3.29. The lowest BCUT2D eigenvalue weighted by atomic mass is 9.93. The Morgan fingerprint density at radius 3 is 2.48 bits per heavy atom. The standard InChI is InChI=1S/C22H25N3O4/c1-15-6-4-5-7-18(15)23-19(26)14-25-20(27)22(2,24-21(25)28)13-12-16-8-10-17(29-3)11-9-16/h4-11H,12-14H2,1-3H3,(H,23,26)(H,24,28)/t22-/m0/s1. The maximum atomic E-state index is 12.9. The van der Waals surface area contributed by atoms with Gasteiger partial charge in [-0.1, -0.05) is 30.3 Å². The van der Waals surface area contributed by atoms with Crippen molar-refractivity contribution in [2.75, 3.05) is 19.0 Å². The third-order valence-corrected chi connectivity index (χ3v) is 5.14. The number of carbonyl (C=O) groups is 3. The van der Waals surface area contributed by atoms with Gasteiger partial charge in [-0.2, -0.15) is 0 Å². The molecule has 2 aromatic carbocycles. The maximum Gasteiger partial charge on any atom is 0.325 e. The molecule has 0 saturated carbocycles. The SMILES string of the molecule is COc1ccc(CC[C@]2(C)NC(=O)N(CC(=O)Nc3ccccc3C)C2=O)cc1. The van der Waals surface area contributed by atoms with Crippen LogP contribution in [-0.4, -0.2) is 41.9 Å². The van der Waals surface area contributed by atoms with E-state index in [4.69, 9.17) is 4.74 Å². The van der Waals surface area contributed by atoms with Crippen molar-refractivity contribution < 1.29 is 19.1 Å². The number of urea groups is 1. The van der Waals surface area contributed by atoms with E-state index in [1.165, 1.54) is 0 Å². The van der Waals surface area contributed by atoms with E-state index in [0.29, 0.717) is 18.5 Å². The molecule has 0 unspecified atom stereocenters. The van der Waals surface area contributed by atoms with E-state index in [9.17, 15) is 14.4 Å². The summed E-state index contributed by atoms with van der Waals surface area (Å²) >= 11 is 0. The molecule has 1 aliphatic heterocycles. The van der Waals surface area contributed by atoms with E-state index in [0.717, 1.165) is 21.8 Å². The van der Waals surface area contributed by atoms with E-state index in [1.54, 1.807) is 20.1 Å². The highest BCUT2D eigenvalue weighted by Crippen LogP contribution is 2.24. The largest absolute Gasteiger partial charge is 0.497 e. The summed E-state index contributed by atoms with van der Waals surface area (Å²) in [6.07, 6.45) is 1.04. The van der Waals surface area contributed by atoms with E-state index in [-0.39, 0.29) is 6.54 Å². The lowest BCUT2D eigenvalue weighted by molar-refractivity contribution is -0.133. The Balaban J connectivity index is 1.61. The summed E-state index contributed by atoms with van der Waals surface area (Å²) in [6.45, 7) is 3.24. The molecule has 29 heavy (non-hydrogen) atoms. The van der Waals surface area contributed by atoms with Crippen LogP contribution >= 0.6 is 0 Å². The smallest absolute Gasteiger partial charge is 0.325 e. The zero-order chi connectivity index (χ0) is 21.0. The average Bonchev–Trinajstić information content (AvgIpc) is 2.92. The molecule has 1 aliphatic rings. The normalized spacial score (nSPS) is 18.5. The Labute approximate surface area is 170 Å². The van der Waals surface area contributed by atoms with Gasteiger partial charge in [-0.05, 0) is 56.0 Å². The van der Waals surface area contributed by atoms with Gasteiger partial charge in [0.05, 0.1) is 7.11 Å². The summed E-state index contributed by atoms with van der Waals surface area (Å²) in [5, 5.41) is 5.49. The molecule has 3 rings (SSSR count). The lowest BCUT2D eigenvalue weighted by Gasteiger charge is -2.21. The van der Waals surface area contributed by atoms with Gasteiger partial charge in [-0.3, -0.25) is 14.5 Å². The number of amides is 4. The number of ether oxygens (including phenoxy) is 1. The highest BCUT2D eigenvalue weighted by Gasteiger charge is 2.47. The van der Waals surface area contributed by atoms with Crippen LogP contribution in [0.1, 0.15) is 24.5 Å². The molecule has 0 spiro atoms. The van der Waals surface area contributed by atoms with Crippen LogP contribution in [-0.2, 0) is 16.0 Å². The molecule has 0 radical (unpaired) electrons. The number of nitrogens with zero attached hydrogens (tertiary/aromatic N) is 1. The first kappa shape index (κ1) is 20.4. The third-order valence-electron chi connectivity index (χ3n) is 5.14. The van der Waals surface area contributed by atoms with Gasteiger partial charge in [0.25, 0.3) is 5.91 Å². The van der Waals surface area contributed by atoms with Crippen LogP contribution in [0.4, 0.5) is 10.5 Å². The van der Waals surface area contributed by atoms with Crippen LogP contribution in [0.2, 0.25) is 0 Å². The van der Waals surface area contributed by atoms with Crippen molar-refractivity contribution in [2.45, 2.75) is 32.2 Å². The third kappa shape index (κ3) is 4.56. The number of rotatable bonds is 7. The number of carbonyl (C=O) groups excluding carboxylic acids is 3. The fourth-order valence-electron chi connectivity index (χ4n) is 3.29. The number of nitrogens with one attached hydrogen (secondary N) is 2. The fraction of sp³-hybridized carbons (Fsp3) is 0.318. The Morgan fingerprint density at radius 2 is 1.83 bits per heavy atom. The van der Waals surface area contributed by atoms with Gasteiger partial charge in [-0.25, -0.2) is 4.79 Å². The molecular weight excluding hydrogens is 370 g/mol. The van der Waals surface area contributed by atoms with Crippen molar-refractivity contribution >= 4 is 23.5 Å².